The van der Waals surface area contributed by atoms with Crippen LogP contribution in [0.15, 0.2) is 28.7 Å². The monoisotopic (exact) mass is 247 g/mol. The minimum Gasteiger partial charge on any atom is -0.424 e. The summed E-state index contributed by atoms with van der Waals surface area (Å²) in [5.41, 5.74) is 2.41. The summed E-state index contributed by atoms with van der Waals surface area (Å²) in [5, 5.41) is 11.0. The Labute approximate surface area is 106 Å². The van der Waals surface area contributed by atoms with E-state index >= 15 is 0 Å². The van der Waals surface area contributed by atoms with E-state index < -0.39 is 0 Å². The molecule has 0 aliphatic heterocycles. The number of nitrogens with zero attached hydrogens (tertiary/aromatic N) is 2. The third kappa shape index (κ3) is 3.38. The summed E-state index contributed by atoms with van der Waals surface area (Å²) in [7, 11) is 1.70. The summed E-state index contributed by atoms with van der Waals surface area (Å²) in [4.78, 5) is 0. The molecule has 2 aromatic rings. The van der Waals surface area contributed by atoms with Gasteiger partial charge in [0.2, 0.25) is 11.8 Å². The maximum atomic E-state index is 5.29. The lowest BCUT2D eigenvalue weighted by atomic mass is 10.1. The molecule has 5 nitrogen and oxygen atoms in total. The van der Waals surface area contributed by atoms with E-state index in [4.69, 9.17) is 9.15 Å². The van der Waals surface area contributed by atoms with Crippen LogP contribution in [0.1, 0.15) is 22.9 Å². The van der Waals surface area contributed by atoms with Crippen LogP contribution < -0.4 is 5.32 Å². The van der Waals surface area contributed by atoms with Gasteiger partial charge in [-0.15, -0.1) is 10.2 Å². The Hall–Kier alpha value is -1.72. The maximum Gasteiger partial charge on any atom is 0.230 e. The van der Waals surface area contributed by atoms with Crippen LogP contribution >= 0.6 is 0 Å². The van der Waals surface area contributed by atoms with E-state index in [1.165, 1.54) is 11.1 Å². The van der Waals surface area contributed by atoms with Gasteiger partial charge in [0, 0.05) is 20.6 Å². The zero-order chi connectivity index (χ0) is 12.8. The number of nitrogens with one attached hydrogen (secondary N) is 1. The molecule has 0 radical (unpaired) electrons. The number of rotatable bonds is 6. The van der Waals surface area contributed by atoms with E-state index in [0.29, 0.717) is 24.9 Å². The first-order valence-corrected chi connectivity index (χ1v) is 5.85. The molecule has 96 valence electrons. The second-order valence-corrected chi connectivity index (χ2v) is 4.02. The highest BCUT2D eigenvalue weighted by Crippen LogP contribution is 2.09. The summed E-state index contributed by atoms with van der Waals surface area (Å²) < 4.78 is 10.5. The number of hydrogen-bond donors (Lipinski definition) is 1. The molecule has 1 aromatic carbocycles. The van der Waals surface area contributed by atoms with Gasteiger partial charge in [0.25, 0.3) is 0 Å². The van der Waals surface area contributed by atoms with Crippen LogP contribution in [0, 0.1) is 6.92 Å². The van der Waals surface area contributed by atoms with Crippen LogP contribution in [-0.2, 0) is 24.4 Å². The first-order chi connectivity index (χ1) is 8.79. The first-order valence-electron chi connectivity index (χ1n) is 5.85. The topological polar surface area (TPSA) is 60.2 Å². The average molecular weight is 247 g/mol. The van der Waals surface area contributed by atoms with Crippen LogP contribution in [0.4, 0.5) is 0 Å². The van der Waals surface area contributed by atoms with Crippen LogP contribution in [0.2, 0.25) is 0 Å². The van der Waals surface area contributed by atoms with Gasteiger partial charge in [-0.25, -0.2) is 0 Å². The second kappa shape index (κ2) is 6.28. The molecule has 0 aliphatic rings. The van der Waals surface area contributed by atoms with E-state index in [0.717, 1.165) is 6.54 Å². The zero-order valence-electron chi connectivity index (χ0n) is 10.6. The number of benzene rings is 1. The van der Waals surface area contributed by atoms with Gasteiger partial charge in [0.05, 0.1) is 13.2 Å². The van der Waals surface area contributed by atoms with Gasteiger partial charge in [0.1, 0.15) is 0 Å². The Bertz CT molecular complexity index is 496. The summed E-state index contributed by atoms with van der Waals surface area (Å²) >= 11 is 0. The van der Waals surface area contributed by atoms with Gasteiger partial charge in [0.15, 0.2) is 0 Å². The fraction of sp³-hybridized carbons (Fsp3) is 0.385. The van der Waals surface area contributed by atoms with E-state index in [1.807, 2.05) is 12.1 Å². The Balaban J connectivity index is 1.89. The lowest BCUT2D eigenvalue weighted by Crippen LogP contribution is -2.14. The molecule has 0 amide bonds. The molecule has 0 atom stereocenters. The molecule has 1 aromatic heterocycles. The first kappa shape index (κ1) is 12.7. The minimum atomic E-state index is 0.572. The quantitative estimate of drug-likeness (QED) is 0.843. The molecule has 0 saturated carbocycles. The molecule has 0 unspecified atom stereocenters. The average Bonchev–Trinajstić information content (AvgIpc) is 2.78. The lowest BCUT2D eigenvalue weighted by molar-refractivity contribution is 0.184. The molecule has 0 spiro atoms. The molecule has 5 heteroatoms. The fourth-order valence-electron chi connectivity index (χ4n) is 1.74. The predicted molar refractivity (Wildman–Crippen MR) is 66.7 cm³/mol. The Morgan fingerprint density at radius 1 is 1.17 bits per heavy atom. The van der Waals surface area contributed by atoms with Crippen molar-refractivity contribution >= 4 is 0 Å². The van der Waals surface area contributed by atoms with Crippen LogP contribution in [-0.4, -0.2) is 17.3 Å². The third-order valence-corrected chi connectivity index (χ3v) is 2.58. The second-order valence-electron chi connectivity index (χ2n) is 4.02. The van der Waals surface area contributed by atoms with Gasteiger partial charge in [-0.3, -0.25) is 0 Å². The number of hydrogen-bond acceptors (Lipinski definition) is 5. The molecule has 0 aliphatic carbocycles. The van der Waals surface area contributed by atoms with Crippen molar-refractivity contribution in [2.24, 2.45) is 0 Å². The van der Waals surface area contributed by atoms with E-state index in [-0.39, 0.29) is 0 Å². The predicted octanol–water partition coefficient (Wildman–Crippen LogP) is 1.81. The highest BCUT2D eigenvalue weighted by molar-refractivity contribution is 5.26. The number of aromatic nitrogens is 2. The number of ether oxygens (including phenoxy) is 1. The number of methoxy groups -OCH3 is 1. The lowest BCUT2D eigenvalue weighted by Gasteiger charge is -2.08. The fourth-order valence-corrected chi connectivity index (χ4v) is 1.74. The minimum absolute atomic E-state index is 0.572. The largest absolute Gasteiger partial charge is 0.424 e. The molecular formula is C13H17N3O2. The van der Waals surface area contributed by atoms with Gasteiger partial charge >= 0.3 is 0 Å². The third-order valence-electron chi connectivity index (χ3n) is 2.58. The Morgan fingerprint density at radius 3 is 2.61 bits per heavy atom. The highest BCUT2D eigenvalue weighted by Gasteiger charge is 2.04. The van der Waals surface area contributed by atoms with Crippen molar-refractivity contribution < 1.29 is 9.15 Å². The number of aryl methyl sites for hydroxylation is 1. The van der Waals surface area contributed by atoms with Gasteiger partial charge < -0.3 is 14.5 Å². The SMILES string of the molecule is COCc1ccccc1CNCc1nnc(C)o1. The van der Waals surface area contributed by atoms with Crippen molar-refractivity contribution in [3.05, 3.63) is 47.2 Å². The van der Waals surface area contributed by atoms with Crippen molar-refractivity contribution in [3.63, 3.8) is 0 Å². The Kier molecular flexibility index (Phi) is 4.44. The molecule has 0 saturated heterocycles. The van der Waals surface area contributed by atoms with Crippen LogP contribution in [0.3, 0.4) is 0 Å². The van der Waals surface area contributed by atoms with Crippen molar-refractivity contribution in [1.29, 1.82) is 0 Å². The molecule has 2 rings (SSSR count). The summed E-state index contributed by atoms with van der Waals surface area (Å²) in [6, 6.07) is 8.18. The molecule has 0 bridgehead atoms. The zero-order valence-corrected chi connectivity index (χ0v) is 10.6. The molecule has 0 fully saturated rings. The van der Waals surface area contributed by atoms with Gasteiger partial charge in [-0.1, -0.05) is 24.3 Å². The van der Waals surface area contributed by atoms with Crippen molar-refractivity contribution in [2.75, 3.05) is 7.11 Å². The van der Waals surface area contributed by atoms with E-state index in [9.17, 15) is 0 Å². The molecule has 1 N–H and O–H groups in total. The standard InChI is InChI=1S/C13H17N3O2/c1-10-15-16-13(18-10)8-14-7-11-5-3-4-6-12(11)9-17-2/h3-6,14H,7-9H2,1-2H3. The van der Waals surface area contributed by atoms with E-state index in [1.54, 1.807) is 14.0 Å². The normalized spacial score (nSPS) is 10.8. The summed E-state index contributed by atoms with van der Waals surface area (Å²) in [5.74, 6) is 1.20. The molecular weight excluding hydrogens is 230 g/mol. The van der Waals surface area contributed by atoms with Crippen molar-refractivity contribution in [3.8, 4) is 0 Å². The summed E-state index contributed by atoms with van der Waals surface area (Å²) in [6.45, 7) is 3.73. The van der Waals surface area contributed by atoms with E-state index in [2.05, 4.69) is 27.6 Å². The maximum absolute atomic E-state index is 5.29. The summed E-state index contributed by atoms with van der Waals surface area (Å²) in [6.07, 6.45) is 0. The van der Waals surface area contributed by atoms with Gasteiger partial charge in [-0.2, -0.15) is 0 Å². The Morgan fingerprint density at radius 2 is 1.94 bits per heavy atom. The van der Waals surface area contributed by atoms with Crippen molar-refractivity contribution in [2.45, 2.75) is 26.6 Å². The van der Waals surface area contributed by atoms with Crippen LogP contribution in [0.25, 0.3) is 0 Å². The van der Waals surface area contributed by atoms with Crippen molar-refractivity contribution in [1.82, 2.24) is 15.5 Å². The smallest absolute Gasteiger partial charge is 0.230 e. The van der Waals surface area contributed by atoms with Gasteiger partial charge in [-0.05, 0) is 11.1 Å². The molecule has 18 heavy (non-hydrogen) atoms. The van der Waals surface area contributed by atoms with Crippen LogP contribution in [0.5, 0.6) is 0 Å². The molecule has 1 heterocycles. The highest BCUT2D eigenvalue weighted by atomic mass is 16.5.